The fourth-order valence-electron chi connectivity index (χ4n) is 4.67. The summed E-state index contributed by atoms with van der Waals surface area (Å²) in [5.41, 5.74) is 3.78. The number of furan rings is 1. The van der Waals surface area contributed by atoms with Crippen molar-refractivity contribution in [2.75, 3.05) is 36.4 Å². The Morgan fingerprint density at radius 3 is 2.32 bits per heavy atom. The van der Waals surface area contributed by atoms with Crippen LogP contribution in [0.25, 0.3) is 17.4 Å². The van der Waals surface area contributed by atoms with Gasteiger partial charge in [-0.05, 0) is 85.3 Å². The molecule has 2 heterocycles. The van der Waals surface area contributed by atoms with Crippen LogP contribution in [-0.2, 0) is 4.79 Å². The van der Waals surface area contributed by atoms with E-state index in [2.05, 4.69) is 10.2 Å². The molecule has 0 unspecified atom stereocenters. The van der Waals surface area contributed by atoms with Gasteiger partial charge in [-0.3, -0.25) is 19.7 Å². The van der Waals surface area contributed by atoms with Crippen LogP contribution in [0.1, 0.15) is 21.7 Å². The van der Waals surface area contributed by atoms with Gasteiger partial charge in [-0.1, -0.05) is 11.6 Å². The van der Waals surface area contributed by atoms with E-state index in [1.165, 1.54) is 18.2 Å². The summed E-state index contributed by atoms with van der Waals surface area (Å²) in [5.74, 6) is 0.733. The summed E-state index contributed by atoms with van der Waals surface area (Å²) in [6.07, 6.45) is 2.95. The SMILES string of the molecule is Cc1cc([N+](=O)[O-])ccc1-c1ccc(/C=C/C(=O)Nc2ccc(N3CCN(C(=O)c4ccc(Cl)cc4)CC3)cc2)o1. The molecule has 10 heteroatoms. The fraction of sp³-hybridized carbons (Fsp3) is 0.161. The normalized spacial score (nSPS) is 13.4. The van der Waals surface area contributed by atoms with Crippen molar-refractivity contribution in [1.82, 2.24) is 4.90 Å². The van der Waals surface area contributed by atoms with Crippen molar-refractivity contribution in [2.45, 2.75) is 6.92 Å². The van der Waals surface area contributed by atoms with Crippen LogP contribution in [0.2, 0.25) is 5.02 Å². The van der Waals surface area contributed by atoms with Gasteiger partial charge < -0.3 is 19.5 Å². The molecule has 5 rings (SSSR count). The number of hydrogen-bond donors (Lipinski definition) is 1. The summed E-state index contributed by atoms with van der Waals surface area (Å²) in [6, 6.07) is 22.6. The molecule has 9 nitrogen and oxygen atoms in total. The molecule has 1 N–H and O–H groups in total. The van der Waals surface area contributed by atoms with Gasteiger partial charge in [-0.2, -0.15) is 0 Å². The lowest BCUT2D eigenvalue weighted by molar-refractivity contribution is -0.384. The molecule has 1 aliphatic heterocycles. The monoisotopic (exact) mass is 570 g/mol. The molecule has 41 heavy (non-hydrogen) atoms. The molecule has 2 amide bonds. The Morgan fingerprint density at radius 1 is 0.951 bits per heavy atom. The van der Waals surface area contributed by atoms with Gasteiger partial charge in [0, 0.05) is 71.9 Å². The van der Waals surface area contributed by atoms with Crippen molar-refractivity contribution in [1.29, 1.82) is 0 Å². The number of carbonyl (C=O) groups excluding carboxylic acids is 2. The van der Waals surface area contributed by atoms with E-state index in [-0.39, 0.29) is 17.5 Å². The molecule has 0 radical (unpaired) electrons. The van der Waals surface area contributed by atoms with Crippen molar-refractivity contribution in [3.63, 3.8) is 0 Å². The highest BCUT2D eigenvalue weighted by Gasteiger charge is 2.22. The van der Waals surface area contributed by atoms with Crippen LogP contribution in [0.15, 0.2) is 89.4 Å². The largest absolute Gasteiger partial charge is 0.457 e. The quantitative estimate of drug-likeness (QED) is 0.156. The van der Waals surface area contributed by atoms with Crippen LogP contribution >= 0.6 is 11.6 Å². The van der Waals surface area contributed by atoms with Gasteiger partial charge in [-0.15, -0.1) is 0 Å². The summed E-state index contributed by atoms with van der Waals surface area (Å²) in [4.78, 5) is 39.8. The first-order valence-electron chi connectivity index (χ1n) is 13.0. The molecule has 4 aromatic rings. The topological polar surface area (TPSA) is 109 Å². The Labute approximate surface area is 241 Å². The van der Waals surface area contributed by atoms with Crippen LogP contribution in [0.4, 0.5) is 17.1 Å². The molecule has 0 spiro atoms. The third kappa shape index (κ3) is 6.64. The number of hydrogen-bond acceptors (Lipinski definition) is 6. The fourth-order valence-corrected chi connectivity index (χ4v) is 4.79. The van der Waals surface area contributed by atoms with E-state index in [0.717, 1.165) is 16.8 Å². The van der Waals surface area contributed by atoms with Crippen LogP contribution < -0.4 is 10.2 Å². The molecule has 0 saturated carbocycles. The number of nitrogens with one attached hydrogen (secondary N) is 1. The molecule has 1 aliphatic rings. The lowest BCUT2D eigenvalue weighted by Crippen LogP contribution is -2.48. The third-order valence-corrected chi connectivity index (χ3v) is 7.12. The number of anilines is 2. The van der Waals surface area contributed by atoms with Crippen LogP contribution in [0.5, 0.6) is 0 Å². The van der Waals surface area contributed by atoms with E-state index in [1.54, 1.807) is 55.5 Å². The molecular weight excluding hydrogens is 544 g/mol. The first-order chi connectivity index (χ1) is 19.8. The molecule has 0 bridgehead atoms. The Morgan fingerprint density at radius 2 is 1.66 bits per heavy atom. The number of nitrogens with zero attached hydrogens (tertiary/aromatic N) is 3. The highest BCUT2D eigenvalue weighted by molar-refractivity contribution is 6.30. The highest BCUT2D eigenvalue weighted by atomic mass is 35.5. The van der Waals surface area contributed by atoms with Gasteiger partial charge in [0.25, 0.3) is 11.6 Å². The van der Waals surface area contributed by atoms with Gasteiger partial charge in [0.05, 0.1) is 4.92 Å². The third-order valence-electron chi connectivity index (χ3n) is 6.87. The van der Waals surface area contributed by atoms with Crippen LogP contribution in [-0.4, -0.2) is 47.8 Å². The van der Waals surface area contributed by atoms with E-state index in [9.17, 15) is 19.7 Å². The average molecular weight is 571 g/mol. The summed E-state index contributed by atoms with van der Waals surface area (Å²) < 4.78 is 5.81. The molecule has 1 fully saturated rings. The number of piperazine rings is 1. The number of benzene rings is 3. The predicted octanol–water partition coefficient (Wildman–Crippen LogP) is 6.43. The van der Waals surface area contributed by atoms with Gasteiger partial charge in [0.15, 0.2) is 0 Å². The van der Waals surface area contributed by atoms with E-state index in [4.69, 9.17) is 16.0 Å². The molecule has 0 aliphatic carbocycles. The number of amides is 2. The van der Waals surface area contributed by atoms with E-state index in [1.807, 2.05) is 29.2 Å². The van der Waals surface area contributed by atoms with Crippen LogP contribution in [0, 0.1) is 17.0 Å². The first-order valence-corrected chi connectivity index (χ1v) is 13.4. The lowest BCUT2D eigenvalue weighted by atomic mass is 10.1. The average Bonchev–Trinajstić information content (AvgIpc) is 3.45. The minimum atomic E-state index is -0.436. The second-order valence-corrected chi connectivity index (χ2v) is 10.1. The zero-order chi connectivity index (χ0) is 28.9. The van der Waals surface area contributed by atoms with Gasteiger partial charge in [0.2, 0.25) is 5.91 Å². The molecule has 208 valence electrons. The van der Waals surface area contributed by atoms with Crippen molar-refractivity contribution in [3.05, 3.63) is 117 Å². The van der Waals surface area contributed by atoms with Gasteiger partial charge in [0.1, 0.15) is 11.5 Å². The summed E-state index contributed by atoms with van der Waals surface area (Å²) in [7, 11) is 0. The Kier molecular flexibility index (Phi) is 8.16. The summed E-state index contributed by atoms with van der Waals surface area (Å²) in [5, 5.41) is 14.4. The highest BCUT2D eigenvalue weighted by Crippen LogP contribution is 2.29. The number of nitro groups is 1. The number of aryl methyl sites for hydroxylation is 1. The summed E-state index contributed by atoms with van der Waals surface area (Å²) in [6.45, 7) is 4.42. The Balaban J connectivity index is 1.13. The Bertz CT molecular complexity index is 1600. The second-order valence-electron chi connectivity index (χ2n) is 9.61. The maximum atomic E-state index is 12.7. The first kappa shape index (κ1) is 27.7. The summed E-state index contributed by atoms with van der Waals surface area (Å²) >= 11 is 5.93. The Hall–Kier alpha value is -4.89. The minimum absolute atomic E-state index is 0.000310. The molecule has 1 aromatic heterocycles. The van der Waals surface area contributed by atoms with E-state index >= 15 is 0 Å². The predicted molar refractivity (Wildman–Crippen MR) is 159 cm³/mol. The molecule has 0 atom stereocenters. The maximum Gasteiger partial charge on any atom is 0.269 e. The lowest BCUT2D eigenvalue weighted by Gasteiger charge is -2.36. The standard InChI is InChI=1S/C31H27ClN4O5/c1-21-20-26(36(39)40)10-13-28(21)29-14-11-27(41-29)12-15-30(37)33-24-6-8-25(9-7-24)34-16-18-35(19-17-34)31(38)22-2-4-23(32)5-3-22/h2-15,20H,16-19H2,1H3,(H,33,37)/b15-12+. The van der Waals surface area contributed by atoms with E-state index < -0.39 is 4.92 Å². The minimum Gasteiger partial charge on any atom is -0.457 e. The number of halogens is 1. The smallest absolute Gasteiger partial charge is 0.269 e. The number of carbonyl (C=O) groups is 2. The molecular formula is C31H27ClN4O5. The molecule has 3 aromatic carbocycles. The van der Waals surface area contributed by atoms with Crippen molar-refractivity contribution >= 4 is 46.6 Å². The van der Waals surface area contributed by atoms with Gasteiger partial charge in [-0.25, -0.2) is 0 Å². The van der Waals surface area contributed by atoms with Crippen molar-refractivity contribution in [2.24, 2.45) is 0 Å². The maximum absolute atomic E-state index is 12.7. The zero-order valence-electron chi connectivity index (χ0n) is 22.2. The number of rotatable bonds is 7. The number of nitro benzene ring substituents is 1. The van der Waals surface area contributed by atoms with Crippen molar-refractivity contribution in [3.8, 4) is 11.3 Å². The molecule has 1 saturated heterocycles. The zero-order valence-corrected chi connectivity index (χ0v) is 23.0. The van der Waals surface area contributed by atoms with Crippen molar-refractivity contribution < 1.29 is 18.9 Å². The van der Waals surface area contributed by atoms with Crippen LogP contribution in [0.3, 0.4) is 0 Å². The number of non-ortho nitro benzene ring substituents is 1. The second kappa shape index (κ2) is 12.1. The van der Waals surface area contributed by atoms with E-state index in [0.29, 0.717) is 54.0 Å². The van der Waals surface area contributed by atoms with Gasteiger partial charge >= 0.3 is 0 Å².